The van der Waals surface area contributed by atoms with Crippen LogP contribution in [0.5, 0.6) is 0 Å². The number of rotatable bonds is 1. The van der Waals surface area contributed by atoms with Crippen molar-refractivity contribution in [2.45, 2.75) is 69.7 Å². The fourth-order valence-electron chi connectivity index (χ4n) is 3.96. The topological polar surface area (TPSA) is 26.0 Å². The van der Waals surface area contributed by atoms with E-state index >= 15 is 0 Å². The average molecular weight is 219 g/mol. The van der Waals surface area contributed by atoms with Gasteiger partial charge < -0.3 is 5.73 Å². The molecule has 0 radical (unpaired) electrons. The largest absolute Gasteiger partial charge is 0.321 e. The Morgan fingerprint density at radius 1 is 0.938 bits per heavy atom. The normalized spacial score (nSPS) is 47.2. The van der Waals surface area contributed by atoms with E-state index in [0.717, 1.165) is 11.8 Å². The highest BCUT2D eigenvalue weighted by atomic mass is 14.9. The first-order valence-corrected chi connectivity index (χ1v) is 7.32. The summed E-state index contributed by atoms with van der Waals surface area (Å²) < 4.78 is 0. The molecule has 0 aromatic rings. The predicted octanol–water partition coefficient (Wildman–Crippen LogP) is 3.78. The van der Waals surface area contributed by atoms with Gasteiger partial charge in [0, 0.05) is 5.54 Å². The molecule has 2 unspecified atom stereocenters. The molecule has 3 aliphatic rings. The van der Waals surface area contributed by atoms with Crippen molar-refractivity contribution >= 4 is 0 Å². The van der Waals surface area contributed by atoms with Gasteiger partial charge in [0.2, 0.25) is 0 Å². The van der Waals surface area contributed by atoms with E-state index in [1.807, 2.05) is 0 Å². The van der Waals surface area contributed by atoms with Crippen LogP contribution < -0.4 is 5.73 Å². The zero-order valence-corrected chi connectivity index (χ0v) is 10.4. The Hall–Kier alpha value is -0.300. The van der Waals surface area contributed by atoms with Crippen LogP contribution >= 0.6 is 0 Å². The molecule has 0 aromatic carbocycles. The second-order valence-corrected chi connectivity index (χ2v) is 6.11. The van der Waals surface area contributed by atoms with E-state index in [9.17, 15) is 0 Å². The Balaban J connectivity index is 1.68. The summed E-state index contributed by atoms with van der Waals surface area (Å²) in [6.45, 7) is 0. The van der Waals surface area contributed by atoms with E-state index < -0.39 is 0 Å². The third-order valence-electron chi connectivity index (χ3n) is 5.24. The van der Waals surface area contributed by atoms with Crippen LogP contribution in [0, 0.1) is 11.8 Å². The maximum absolute atomic E-state index is 6.61. The molecule has 2 N–H and O–H groups in total. The SMILES string of the molecule is NC1(/C2=C/CCCCCCCC2)C2CCC21. The van der Waals surface area contributed by atoms with Crippen molar-refractivity contribution < 1.29 is 0 Å². The van der Waals surface area contributed by atoms with Crippen molar-refractivity contribution in [3.63, 3.8) is 0 Å². The van der Waals surface area contributed by atoms with Gasteiger partial charge in [-0.15, -0.1) is 0 Å². The van der Waals surface area contributed by atoms with Gasteiger partial charge in [-0.2, -0.15) is 0 Å². The summed E-state index contributed by atoms with van der Waals surface area (Å²) in [6, 6.07) is 0. The van der Waals surface area contributed by atoms with E-state index in [4.69, 9.17) is 5.73 Å². The lowest BCUT2D eigenvalue weighted by molar-refractivity contribution is 0.468. The molecule has 90 valence electrons. The summed E-state index contributed by atoms with van der Waals surface area (Å²) >= 11 is 0. The number of hydrogen-bond acceptors (Lipinski definition) is 1. The molecule has 0 bridgehead atoms. The first-order valence-electron chi connectivity index (χ1n) is 7.32. The van der Waals surface area contributed by atoms with Gasteiger partial charge >= 0.3 is 0 Å². The molecule has 1 heteroatoms. The second kappa shape index (κ2) is 4.18. The Morgan fingerprint density at radius 2 is 1.56 bits per heavy atom. The van der Waals surface area contributed by atoms with Crippen molar-refractivity contribution in [1.29, 1.82) is 0 Å². The molecular formula is C15H25N. The summed E-state index contributed by atoms with van der Waals surface area (Å²) in [6.07, 6.45) is 16.4. The lowest BCUT2D eigenvalue weighted by atomic mass is 9.93. The summed E-state index contributed by atoms with van der Waals surface area (Å²) in [5.74, 6) is 1.75. The van der Waals surface area contributed by atoms with Gasteiger partial charge in [-0.3, -0.25) is 0 Å². The van der Waals surface area contributed by atoms with Crippen molar-refractivity contribution in [3.8, 4) is 0 Å². The lowest BCUT2D eigenvalue weighted by Gasteiger charge is -2.17. The molecule has 0 saturated heterocycles. The van der Waals surface area contributed by atoms with Crippen molar-refractivity contribution in [2.75, 3.05) is 0 Å². The summed E-state index contributed by atoms with van der Waals surface area (Å²) in [7, 11) is 0. The molecule has 3 aliphatic carbocycles. The van der Waals surface area contributed by atoms with Crippen LogP contribution in [0.4, 0.5) is 0 Å². The fraction of sp³-hybridized carbons (Fsp3) is 0.867. The van der Waals surface area contributed by atoms with Crippen LogP contribution in [-0.4, -0.2) is 5.54 Å². The molecule has 2 saturated carbocycles. The molecule has 0 spiro atoms. The Morgan fingerprint density at radius 3 is 2.25 bits per heavy atom. The first kappa shape index (κ1) is 10.8. The van der Waals surface area contributed by atoms with E-state index in [2.05, 4.69) is 6.08 Å². The van der Waals surface area contributed by atoms with E-state index in [1.165, 1.54) is 64.2 Å². The minimum Gasteiger partial charge on any atom is -0.321 e. The summed E-state index contributed by atoms with van der Waals surface area (Å²) in [5, 5.41) is 0. The number of allylic oxidation sites excluding steroid dienone is 1. The van der Waals surface area contributed by atoms with Crippen LogP contribution in [-0.2, 0) is 0 Å². The Labute approximate surface area is 99.5 Å². The van der Waals surface area contributed by atoms with Crippen LogP contribution in [0.3, 0.4) is 0 Å². The zero-order chi connectivity index (χ0) is 11.0. The van der Waals surface area contributed by atoms with Gasteiger partial charge in [0.15, 0.2) is 0 Å². The Bertz CT molecular complexity index is 282. The van der Waals surface area contributed by atoms with Crippen LogP contribution in [0.15, 0.2) is 11.6 Å². The van der Waals surface area contributed by atoms with E-state index in [1.54, 1.807) is 5.57 Å². The molecule has 0 heterocycles. The third kappa shape index (κ3) is 1.64. The van der Waals surface area contributed by atoms with Crippen LogP contribution in [0.1, 0.15) is 64.2 Å². The number of hydrogen-bond donors (Lipinski definition) is 1. The zero-order valence-electron chi connectivity index (χ0n) is 10.4. The number of nitrogens with two attached hydrogens (primary N) is 1. The van der Waals surface area contributed by atoms with Gasteiger partial charge in [-0.1, -0.05) is 37.3 Å². The second-order valence-electron chi connectivity index (χ2n) is 6.11. The smallest absolute Gasteiger partial charge is 0.0433 e. The molecule has 2 atom stereocenters. The molecule has 16 heavy (non-hydrogen) atoms. The predicted molar refractivity (Wildman–Crippen MR) is 68.2 cm³/mol. The highest BCUT2D eigenvalue weighted by molar-refractivity contribution is 5.38. The maximum Gasteiger partial charge on any atom is 0.0433 e. The maximum atomic E-state index is 6.61. The summed E-state index contributed by atoms with van der Waals surface area (Å²) in [5.41, 5.74) is 8.43. The standard InChI is InChI=1S/C15H25N/c16-15(13-10-11-14(13)15)12-8-6-4-2-1-3-5-7-9-12/h8,13-14H,1-7,9-11,16H2/b12-8+. The quantitative estimate of drug-likeness (QED) is 0.667. The average Bonchev–Trinajstić information content (AvgIpc) is 2.67. The number of fused-ring (bicyclic) bond motifs is 1. The van der Waals surface area contributed by atoms with Crippen molar-refractivity contribution in [3.05, 3.63) is 11.6 Å². The van der Waals surface area contributed by atoms with Gasteiger partial charge in [-0.25, -0.2) is 0 Å². The highest BCUT2D eigenvalue weighted by Crippen LogP contribution is 2.66. The molecule has 0 aromatic heterocycles. The van der Waals surface area contributed by atoms with Gasteiger partial charge in [0.05, 0.1) is 0 Å². The van der Waals surface area contributed by atoms with Crippen molar-refractivity contribution in [1.82, 2.24) is 0 Å². The monoisotopic (exact) mass is 219 g/mol. The van der Waals surface area contributed by atoms with E-state index in [0.29, 0.717) is 0 Å². The van der Waals surface area contributed by atoms with Crippen LogP contribution in [0.25, 0.3) is 0 Å². The first-order chi connectivity index (χ1) is 7.83. The van der Waals surface area contributed by atoms with Crippen LogP contribution in [0.2, 0.25) is 0 Å². The van der Waals surface area contributed by atoms with Gasteiger partial charge in [0.25, 0.3) is 0 Å². The molecule has 1 nitrogen and oxygen atoms in total. The highest BCUT2D eigenvalue weighted by Gasteiger charge is 2.68. The molecular weight excluding hydrogens is 194 g/mol. The third-order valence-corrected chi connectivity index (χ3v) is 5.24. The fourth-order valence-corrected chi connectivity index (χ4v) is 3.96. The minimum atomic E-state index is 0.180. The van der Waals surface area contributed by atoms with Gasteiger partial charge in [-0.05, 0) is 50.4 Å². The summed E-state index contributed by atoms with van der Waals surface area (Å²) in [4.78, 5) is 0. The lowest BCUT2D eigenvalue weighted by Crippen LogP contribution is -2.28. The molecule has 3 rings (SSSR count). The molecule has 0 amide bonds. The van der Waals surface area contributed by atoms with Gasteiger partial charge in [0.1, 0.15) is 0 Å². The Kier molecular flexibility index (Phi) is 2.83. The van der Waals surface area contributed by atoms with E-state index in [-0.39, 0.29) is 5.54 Å². The minimum absolute atomic E-state index is 0.180. The van der Waals surface area contributed by atoms with Crippen molar-refractivity contribution in [2.24, 2.45) is 17.6 Å². The molecule has 0 aliphatic heterocycles. The molecule has 2 fully saturated rings.